The second-order valence-corrected chi connectivity index (χ2v) is 5.72. The minimum atomic E-state index is -0.231. The van der Waals surface area contributed by atoms with Gasteiger partial charge in [-0.2, -0.15) is 0 Å². The smallest absolute Gasteiger partial charge is 0.133 e. The molecule has 0 unspecified atom stereocenters. The third-order valence-corrected chi connectivity index (χ3v) is 4.36. The molecule has 0 radical (unpaired) electrons. The summed E-state index contributed by atoms with van der Waals surface area (Å²) < 4.78 is 19.5. The van der Waals surface area contributed by atoms with Crippen LogP contribution in [-0.4, -0.2) is 4.98 Å². The molecule has 4 aromatic rings. The predicted octanol–water partition coefficient (Wildman–Crippen LogP) is 5.36. The lowest BCUT2D eigenvalue weighted by molar-refractivity contribution is 0.582. The van der Waals surface area contributed by atoms with Crippen molar-refractivity contribution in [2.75, 3.05) is 0 Å². The highest BCUT2D eigenvalue weighted by molar-refractivity contribution is 7.21. The molecule has 2 nitrogen and oxygen atoms in total. The van der Waals surface area contributed by atoms with Crippen LogP contribution in [0, 0.1) is 5.82 Å². The minimum absolute atomic E-state index is 0.231. The van der Waals surface area contributed by atoms with Crippen molar-refractivity contribution in [3.05, 3.63) is 66.7 Å². The van der Waals surface area contributed by atoms with Crippen LogP contribution in [0.5, 0.6) is 0 Å². The molecule has 0 fully saturated rings. The van der Waals surface area contributed by atoms with Gasteiger partial charge in [0, 0.05) is 11.1 Å². The van der Waals surface area contributed by atoms with E-state index in [1.807, 2.05) is 36.4 Å². The van der Waals surface area contributed by atoms with Crippen molar-refractivity contribution in [3.63, 3.8) is 0 Å². The number of hydrogen-bond donors (Lipinski definition) is 0. The standard InChI is InChI=1S/C17H10FNOS/c18-13-7-8-14-16(10-13)21-17(19-14)12-5-3-11(4-6-12)15-2-1-9-20-15/h1-10H. The van der Waals surface area contributed by atoms with Crippen molar-refractivity contribution in [2.45, 2.75) is 0 Å². The average molecular weight is 295 g/mol. The highest BCUT2D eigenvalue weighted by Gasteiger charge is 2.08. The zero-order valence-corrected chi connectivity index (χ0v) is 11.7. The van der Waals surface area contributed by atoms with Gasteiger partial charge < -0.3 is 4.42 Å². The quantitative estimate of drug-likeness (QED) is 0.497. The fourth-order valence-corrected chi connectivity index (χ4v) is 3.24. The Kier molecular flexibility index (Phi) is 2.82. The van der Waals surface area contributed by atoms with Gasteiger partial charge in [-0.25, -0.2) is 9.37 Å². The maximum atomic E-state index is 13.2. The topological polar surface area (TPSA) is 26.0 Å². The van der Waals surface area contributed by atoms with E-state index >= 15 is 0 Å². The number of thiazole rings is 1. The van der Waals surface area contributed by atoms with Gasteiger partial charge in [-0.3, -0.25) is 0 Å². The molecule has 0 saturated heterocycles. The van der Waals surface area contributed by atoms with Crippen LogP contribution in [0.4, 0.5) is 4.39 Å². The van der Waals surface area contributed by atoms with Gasteiger partial charge in [0.15, 0.2) is 0 Å². The van der Waals surface area contributed by atoms with Gasteiger partial charge in [-0.15, -0.1) is 11.3 Å². The van der Waals surface area contributed by atoms with E-state index in [1.54, 1.807) is 12.3 Å². The molecule has 0 bridgehead atoms. The summed E-state index contributed by atoms with van der Waals surface area (Å²) in [5, 5.41) is 0.890. The van der Waals surface area contributed by atoms with Gasteiger partial charge in [0.1, 0.15) is 16.6 Å². The normalized spacial score (nSPS) is 11.1. The molecule has 0 aliphatic rings. The molecule has 4 heteroatoms. The predicted molar refractivity (Wildman–Crippen MR) is 82.7 cm³/mol. The van der Waals surface area contributed by atoms with Crippen molar-refractivity contribution in [1.29, 1.82) is 0 Å². The molecule has 0 N–H and O–H groups in total. The Bertz CT molecular complexity index is 894. The fourth-order valence-electron chi connectivity index (χ4n) is 2.24. The van der Waals surface area contributed by atoms with Crippen LogP contribution in [0.3, 0.4) is 0 Å². The molecule has 0 aliphatic heterocycles. The van der Waals surface area contributed by atoms with Gasteiger partial charge >= 0.3 is 0 Å². The Balaban J connectivity index is 1.74. The maximum Gasteiger partial charge on any atom is 0.133 e. The van der Waals surface area contributed by atoms with Crippen molar-refractivity contribution in [2.24, 2.45) is 0 Å². The van der Waals surface area contributed by atoms with Gasteiger partial charge in [-0.1, -0.05) is 24.3 Å². The van der Waals surface area contributed by atoms with Crippen LogP contribution in [-0.2, 0) is 0 Å². The summed E-state index contributed by atoms with van der Waals surface area (Å²) in [7, 11) is 0. The maximum absolute atomic E-state index is 13.2. The van der Waals surface area contributed by atoms with Crippen LogP contribution < -0.4 is 0 Å². The first kappa shape index (κ1) is 12.3. The van der Waals surface area contributed by atoms with E-state index in [4.69, 9.17) is 4.42 Å². The molecule has 2 aromatic carbocycles. The number of benzene rings is 2. The van der Waals surface area contributed by atoms with E-state index in [0.29, 0.717) is 0 Å². The van der Waals surface area contributed by atoms with E-state index in [0.717, 1.165) is 32.1 Å². The zero-order chi connectivity index (χ0) is 14.2. The molecule has 0 atom stereocenters. The van der Waals surface area contributed by atoms with E-state index < -0.39 is 0 Å². The van der Waals surface area contributed by atoms with Crippen LogP contribution in [0.1, 0.15) is 0 Å². The van der Waals surface area contributed by atoms with Gasteiger partial charge in [0.2, 0.25) is 0 Å². The van der Waals surface area contributed by atoms with E-state index in [-0.39, 0.29) is 5.82 Å². The molecule has 0 aliphatic carbocycles. The lowest BCUT2D eigenvalue weighted by Crippen LogP contribution is -1.77. The van der Waals surface area contributed by atoms with Gasteiger partial charge in [0.25, 0.3) is 0 Å². The number of furan rings is 1. The number of halogens is 1. The van der Waals surface area contributed by atoms with Crippen LogP contribution in [0.25, 0.3) is 32.1 Å². The van der Waals surface area contributed by atoms with Crippen molar-refractivity contribution < 1.29 is 8.81 Å². The van der Waals surface area contributed by atoms with Gasteiger partial charge in [0.05, 0.1) is 16.5 Å². The first-order valence-electron chi connectivity index (χ1n) is 6.50. The Hall–Kier alpha value is -2.46. The Morgan fingerprint density at radius 3 is 2.52 bits per heavy atom. The Labute approximate surface area is 124 Å². The fraction of sp³-hybridized carbons (Fsp3) is 0. The van der Waals surface area contributed by atoms with E-state index in [9.17, 15) is 4.39 Å². The van der Waals surface area contributed by atoms with Crippen molar-refractivity contribution >= 4 is 21.6 Å². The number of nitrogens with zero attached hydrogens (tertiary/aromatic N) is 1. The Morgan fingerprint density at radius 2 is 1.76 bits per heavy atom. The summed E-state index contributed by atoms with van der Waals surface area (Å²) in [5.74, 6) is 0.610. The second kappa shape index (κ2) is 4.82. The summed E-state index contributed by atoms with van der Waals surface area (Å²) in [5.41, 5.74) is 2.87. The largest absolute Gasteiger partial charge is 0.464 e. The van der Waals surface area contributed by atoms with Crippen LogP contribution in [0.15, 0.2) is 65.3 Å². The number of aromatic nitrogens is 1. The number of fused-ring (bicyclic) bond motifs is 1. The average Bonchev–Trinajstić information content (AvgIpc) is 3.16. The number of hydrogen-bond acceptors (Lipinski definition) is 3. The second-order valence-electron chi connectivity index (χ2n) is 4.69. The SMILES string of the molecule is Fc1ccc2nc(-c3ccc(-c4ccco4)cc3)sc2c1. The third-order valence-electron chi connectivity index (χ3n) is 3.29. The molecule has 0 amide bonds. The molecule has 0 saturated carbocycles. The summed E-state index contributed by atoms with van der Waals surface area (Å²) in [6.45, 7) is 0. The zero-order valence-electron chi connectivity index (χ0n) is 10.9. The molecule has 0 spiro atoms. The van der Waals surface area contributed by atoms with Crippen LogP contribution in [0.2, 0.25) is 0 Å². The summed E-state index contributed by atoms with van der Waals surface area (Å²) in [4.78, 5) is 4.54. The molecular formula is C17H10FNOS. The first-order valence-corrected chi connectivity index (χ1v) is 7.32. The Morgan fingerprint density at radius 1 is 0.952 bits per heavy atom. The van der Waals surface area contributed by atoms with Gasteiger partial charge in [-0.05, 0) is 30.3 Å². The summed E-state index contributed by atoms with van der Waals surface area (Å²) >= 11 is 1.49. The lowest BCUT2D eigenvalue weighted by Gasteiger charge is -1.99. The summed E-state index contributed by atoms with van der Waals surface area (Å²) in [6, 6.07) is 16.5. The number of rotatable bonds is 2. The monoisotopic (exact) mass is 295 g/mol. The van der Waals surface area contributed by atoms with Crippen molar-refractivity contribution in [1.82, 2.24) is 4.98 Å². The highest BCUT2D eigenvalue weighted by Crippen LogP contribution is 2.31. The molecule has 102 valence electrons. The molecule has 2 heterocycles. The van der Waals surface area contributed by atoms with E-state index in [2.05, 4.69) is 4.98 Å². The minimum Gasteiger partial charge on any atom is -0.464 e. The first-order chi connectivity index (χ1) is 10.3. The molecule has 21 heavy (non-hydrogen) atoms. The van der Waals surface area contributed by atoms with E-state index in [1.165, 1.54) is 23.5 Å². The summed E-state index contributed by atoms with van der Waals surface area (Å²) in [6.07, 6.45) is 1.66. The molecule has 4 rings (SSSR count). The third kappa shape index (κ3) is 2.23. The molecule has 2 aromatic heterocycles. The van der Waals surface area contributed by atoms with Crippen LogP contribution >= 0.6 is 11.3 Å². The van der Waals surface area contributed by atoms with Crippen molar-refractivity contribution in [3.8, 4) is 21.9 Å². The molecular weight excluding hydrogens is 285 g/mol. The highest BCUT2D eigenvalue weighted by atomic mass is 32.1. The lowest BCUT2D eigenvalue weighted by atomic mass is 10.1.